The molecule has 2 atom stereocenters. The molecule has 0 bridgehead atoms. The van der Waals surface area contributed by atoms with E-state index in [-0.39, 0.29) is 12.5 Å². The van der Waals surface area contributed by atoms with Gasteiger partial charge in [-0.05, 0) is 25.2 Å². The first-order valence-electron chi connectivity index (χ1n) is 6.35. The molecule has 1 rings (SSSR count). The van der Waals surface area contributed by atoms with E-state index in [4.69, 9.17) is 19.3 Å². The highest BCUT2D eigenvalue weighted by Gasteiger charge is 2.34. The molecule has 1 aliphatic rings. The highest BCUT2D eigenvalue weighted by molar-refractivity contribution is 7.46. The van der Waals surface area contributed by atoms with Crippen LogP contribution < -0.4 is 0 Å². The summed E-state index contributed by atoms with van der Waals surface area (Å²) in [5, 5.41) is 0. The largest absolute Gasteiger partial charge is 0.508 e. The fourth-order valence-electron chi connectivity index (χ4n) is 1.89. The lowest BCUT2D eigenvalue weighted by molar-refractivity contribution is -0.0496. The van der Waals surface area contributed by atoms with Crippen LogP contribution >= 0.6 is 7.82 Å². The van der Waals surface area contributed by atoms with Crippen molar-refractivity contribution in [2.24, 2.45) is 5.92 Å². The van der Waals surface area contributed by atoms with Crippen molar-refractivity contribution in [3.05, 3.63) is 0 Å². The summed E-state index contributed by atoms with van der Waals surface area (Å²) < 4.78 is 25.4. The van der Waals surface area contributed by atoms with Crippen molar-refractivity contribution in [2.75, 3.05) is 6.61 Å². The number of phosphoric acid groups is 1. The van der Waals surface area contributed by atoms with Gasteiger partial charge in [-0.3, -0.25) is 4.52 Å². The van der Waals surface area contributed by atoms with E-state index < -0.39 is 26.2 Å². The summed E-state index contributed by atoms with van der Waals surface area (Å²) in [6.07, 6.45) is 0.311. The van der Waals surface area contributed by atoms with Crippen LogP contribution in [0.25, 0.3) is 0 Å². The molecule has 112 valence electrons. The Hall–Kier alpha value is -0.620. The van der Waals surface area contributed by atoms with E-state index in [1.165, 1.54) is 0 Å². The predicted molar refractivity (Wildman–Crippen MR) is 66.4 cm³/mol. The summed E-state index contributed by atoms with van der Waals surface area (Å²) in [5.41, 5.74) is 0. The van der Waals surface area contributed by atoms with Crippen molar-refractivity contribution in [1.29, 1.82) is 0 Å². The molecule has 0 aromatic carbocycles. The quantitative estimate of drug-likeness (QED) is 0.592. The number of carbonyl (C=O) groups is 1. The van der Waals surface area contributed by atoms with Crippen LogP contribution in [0.1, 0.15) is 39.5 Å². The van der Waals surface area contributed by atoms with Gasteiger partial charge in [0, 0.05) is 0 Å². The first-order chi connectivity index (χ1) is 8.78. The zero-order valence-electron chi connectivity index (χ0n) is 11.2. The maximum Gasteiger partial charge on any atom is 0.508 e. The van der Waals surface area contributed by atoms with Gasteiger partial charge in [-0.2, -0.15) is 0 Å². The molecule has 0 saturated heterocycles. The fraction of sp³-hybridized carbons (Fsp3) is 0.909. The molecular weight excluding hydrogens is 275 g/mol. The molecule has 0 amide bonds. The second-order valence-corrected chi connectivity index (χ2v) is 6.22. The van der Waals surface area contributed by atoms with Crippen molar-refractivity contribution in [3.8, 4) is 0 Å². The lowest BCUT2D eigenvalue weighted by Gasteiger charge is -2.30. The maximum absolute atomic E-state index is 11.4. The average Bonchev–Trinajstić information content (AvgIpc) is 2.27. The third-order valence-corrected chi connectivity index (χ3v) is 3.24. The number of hydrogen-bond donors (Lipinski definition) is 2. The molecule has 8 heteroatoms. The molecule has 2 N–H and O–H groups in total. The highest BCUT2D eigenvalue weighted by Crippen LogP contribution is 2.41. The zero-order chi connectivity index (χ0) is 14.5. The van der Waals surface area contributed by atoms with Crippen LogP contribution in [0, 0.1) is 5.92 Å². The van der Waals surface area contributed by atoms with Crippen molar-refractivity contribution in [1.82, 2.24) is 0 Å². The van der Waals surface area contributed by atoms with Crippen molar-refractivity contribution in [3.63, 3.8) is 0 Å². The Bertz CT molecular complexity index is 338. The van der Waals surface area contributed by atoms with Crippen molar-refractivity contribution >= 4 is 14.0 Å². The summed E-state index contributed by atoms with van der Waals surface area (Å²) >= 11 is 0. The Morgan fingerprint density at radius 1 is 1.26 bits per heavy atom. The number of rotatable bonds is 5. The number of carbonyl (C=O) groups excluding carboxylic acids is 1. The second kappa shape index (κ2) is 7.24. The van der Waals surface area contributed by atoms with E-state index in [1.807, 2.05) is 13.8 Å². The van der Waals surface area contributed by atoms with E-state index in [0.717, 1.165) is 12.8 Å². The van der Waals surface area contributed by atoms with Gasteiger partial charge in [-0.15, -0.1) is 0 Å². The Morgan fingerprint density at radius 2 is 1.84 bits per heavy atom. The second-order valence-electron chi connectivity index (χ2n) is 5.03. The molecular formula is C11H21O7P. The van der Waals surface area contributed by atoms with Gasteiger partial charge in [0.1, 0.15) is 12.2 Å². The van der Waals surface area contributed by atoms with Crippen LogP contribution in [-0.4, -0.2) is 34.8 Å². The first-order valence-corrected chi connectivity index (χ1v) is 7.88. The molecule has 1 saturated carbocycles. The third kappa shape index (κ3) is 6.92. The van der Waals surface area contributed by atoms with Crippen LogP contribution in [0.4, 0.5) is 4.79 Å². The molecule has 19 heavy (non-hydrogen) atoms. The van der Waals surface area contributed by atoms with E-state index in [1.54, 1.807) is 0 Å². The number of phosphoric ester groups is 1. The van der Waals surface area contributed by atoms with Gasteiger partial charge < -0.3 is 19.3 Å². The molecule has 0 aromatic heterocycles. The summed E-state index contributed by atoms with van der Waals surface area (Å²) in [5.74, 6) is 0.195. The van der Waals surface area contributed by atoms with Crippen molar-refractivity contribution in [2.45, 2.75) is 51.7 Å². The van der Waals surface area contributed by atoms with Gasteiger partial charge in [0.15, 0.2) is 0 Å². The van der Waals surface area contributed by atoms with Crippen LogP contribution in [0.5, 0.6) is 0 Å². The summed E-state index contributed by atoms with van der Waals surface area (Å²) in [6.45, 7) is 4.04. The lowest BCUT2D eigenvalue weighted by Crippen LogP contribution is -2.36. The van der Waals surface area contributed by atoms with Crippen LogP contribution in [-0.2, 0) is 18.6 Å². The molecule has 1 fully saturated rings. The van der Waals surface area contributed by atoms with Gasteiger partial charge in [0.25, 0.3) is 0 Å². The molecule has 0 spiro atoms. The standard InChI is InChI=1S/C11H21O7P/c1-8(2)7-16-11(12)17-9-5-3-4-6-10(9)18-19(13,14)15/h8-10H,3-7H2,1-2H3,(H2,13,14,15)/t9-,10-/m0/s1. The van der Waals surface area contributed by atoms with E-state index >= 15 is 0 Å². The molecule has 0 unspecified atom stereocenters. The minimum atomic E-state index is -4.58. The van der Waals surface area contributed by atoms with Gasteiger partial charge in [-0.1, -0.05) is 20.3 Å². The number of ether oxygens (including phenoxy) is 2. The minimum absolute atomic E-state index is 0.195. The predicted octanol–water partition coefficient (Wildman–Crippen LogP) is 2.22. The third-order valence-electron chi connectivity index (χ3n) is 2.70. The van der Waals surface area contributed by atoms with E-state index in [0.29, 0.717) is 12.8 Å². The van der Waals surface area contributed by atoms with Crippen LogP contribution in [0.15, 0.2) is 0 Å². The summed E-state index contributed by atoms with van der Waals surface area (Å²) in [7, 11) is -4.58. The van der Waals surface area contributed by atoms with Gasteiger partial charge >= 0.3 is 14.0 Å². The number of hydrogen-bond acceptors (Lipinski definition) is 5. The van der Waals surface area contributed by atoms with E-state index in [2.05, 4.69) is 4.52 Å². The fourth-order valence-corrected chi connectivity index (χ4v) is 2.48. The molecule has 0 aliphatic heterocycles. The maximum atomic E-state index is 11.4. The Kier molecular flexibility index (Phi) is 6.26. The topological polar surface area (TPSA) is 102 Å². The van der Waals surface area contributed by atoms with Gasteiger partial charge in [0.05, 0.1) is 6.61 Å². The van der Waals surface area contributed by atoms with Crippen LogP contribution in [0.2, 0.25) is 0 Å². The Labute approximate surface area is 112 Å². The minimum Gasteiger partial charge on any atom is -0.434 e. The normalized spacial score (nSPS) is 24.3. The smallest absolute Gasteiger partial charge is 0.434 e. The SMILES string of the molecule is CC(C)COC(=O)O[C@H]1CCCC[C@@H]1OP(=O)(O)O. The zero-order valence-corrected chi connectivity index (χ0v) is 12.0. The lowest BCUT2D eigenvalue weighted by atomic mass is 9.95. The molecule has 1 aliphatic carbocycles. The molecule has 0 heterocycles. The Balaban J connectivity index is 2.48. The Morgan fingerprint density at radius 3 is 2.37 bits per heavy atom. The first kappa shape index (κ1) is 16.4. The summed E-state index contributed by atoms with van der Waals surface area (Å²) in [4.78, 5) is 29.1. The van der Waals surface area contributed by atoms with Gasteiger partial charge in [0.2, 0.25) is 0 Å². The highest BCUT2D eigenvalue weighted by atomic mass is 31.2. The molecule has 7 nitrogen and oxygen atoms in total. The van der Waals surface area contributed by atoms with Gasteiger partial charge in [-0.25, -0.2) is 9.36 Å². The molecule has 0 aromatic rings. The summed E-state index contributed by atoms with van der Waals surface area (Å²) in [6, 6.07) is 0. The monoisotopic (exact) mass is 296 g/mol. The average molecular weight is 296 g/mol. The van der Waals surface area contributed by atoms with Crippen molar-refractivity contribution < 1.29 is 33.1 Å². The van der Waals surface area contributed by atoms with Crippen LogP contribution in [0.3, 0.4) is 0 Å². The molecule has 0 radical (unpaired) electrons. The van der Waals surface area contributed by atoms with E-state index in [9.17, 15) is 9.36 Å².